The third-order valence-electron chi connectivity index (χ3n) is 4.59. The summed E-state index contributed by atoms with van der Waals surface area (Å²) in [5, 5.41) is 1.47. The van der Waals surface area contributed by atoms with Gasteiger partial charge in [-0.15, -0.1) is 0 Å². The summed E-state index contributed by atoms with van der Waals surface area (Å²) in [5.74, 6) is 0. The number of hydrogen-bond donors (Lipinski definition) is 0. The average molecular weight is 340 g/mol. The molecule has 2 rings (SSSR count). The van der Waals surface area contributed by atoms with Crippen LogP contribution in [0.5, 0.6) is 0 Å². The molecule has 0 aliphatic heterocycles. The maximum atomic E-state index is 5.51. The third-order valence-corrected chi connectivity index (χ3v) is 7.61. The molecule has 0 amide bonds. The Morgan fingerprint density at radius 1 is 0.958 bits per heavy atom. The van der Waals surface area contributed by atoms with Crippen molar-refractivity contribution in [2.75, 3.05) is 32.6 Å². The summed E-state index contributed by atoms with van der Waals surface area (Å²) in [7, 11) is 0.676. The molecule has 0 fully saturated rings. The van der Waals surface area contributed by atoms with Gasteiger partial charge in [-0.2, -0.15) is 0 Å². The molecule has 3 heteroatoms. The van der Waals surface area contributed by atoms with Gasteiger partial charge in [0.1, 0.15) is 8.80 Å². The Morgan fingerprint density at radius 2 is 1.54 bits per heavy atom. The number of methoxy groups -OCH3 is 1. The molecule has 2 aromatic rings. The van der Waals surface area contributed by atoms with E-state index < -0.39 is 8.80 Å². The molecule has 2 nitrogen and oxygen atoms in total. The number of nitrogens with zero attached hydrogens (tertiary/aromatic N) is 1. The smallest absolute Gasteiger partial charge is 0.114 e. The average Bonchev–Trinajstić information content (AvgIpc) is 2.65. The highest BCUT2D eigenvalue weighted by Gasteiger charge is 2.17. The first kappa shape index (κ1) is 18.7. The molecule has 0 radical (unpaired) electrons. The van der Waals surface area contributed by atoms with Gasteiger partial charge in [-0.05, 0) is 36.0 Å². The first-order valence-electron chi connectivity index (χ1n) is 8.75. The van der Waals surface area contributed by atoms with Crippen LogP contribution in [-0.4, -0.2) is 46.3 Å². The molecule has 0 heterocycles. The minimum absolute atomic E-state index is 0.884. The number of rotatable bonds is 9. The second-order valence-electron chi connectivity index (χ2n) is 6.10. The van der Waals surface area contributed by atoms with Gasteiger partial charge >= 0.3 is 0 Å². The van der Waals surface area contributed by atoms with Crippen LogP contribution in [0.15, 0.2) is 61.2 Å². The Kier molecular flexibility index (Phi) is 7.44. The van der Waals surface area contributed by atoms with Crippen molar-refractivity contribution in [3.05, 3.63) is 72.3 Å². The minimum Gasteiger partial charge on any atom is -0.388 e. The fourth-order valence-electron chi connectivity index (χ4n) is 3.01. The molecule has 0 N–H and O–H groups in total. The maximum Gasteiger partial charge on any atom is 0.114 e. The van der Waals surface area contributed by atoms with Gasteiger partial charge in [-0.1, -0.05) is 80.2 Å². The highest BCUT2D eigenvalue weighted by Crippen LogP contribution is 2.20. The molecular formula is C21H29NOSi. The van der Waals surface area contributed by atoms with Gasteiger partial charge in [0.2, 0.25) is 0 Å². The molecule has 1 atom stereocenters. The van der Waals surface area contributed by atoms with E-state index in [0.717, 1.165) is 24.9 Å². The van der Waals surface area contributed by atoms with Gasteiger partial charge in [0, 0.05) is 13.3 Å². The van der Waals surface area contributed by atoms with E-state index in [0.29, 0.717) is 0 Å². The van der Waals surface area contributed by atoms with Crippen molar-refractivity contribution in [1.29, 1.82) is 0 Å². The van der Waals surface area contributed by atoms with Crippen LogP contribution in [0, 0.1) is 0 Å². The van der Waals surface area contributed by atoms with E-state index in [1.807, 2.05) is 13.2 Å². The van der Waals surface area contributed by atoms with Gasteiger partial charge in [0.25, 0.3) is 0 Å². The fraction of sp³-hybridized carbons (Fsp3) is 0.333. The van der Waals surface area contributed by atoms with Crippen LogP contribution in [-0.2, 0) is 4.74 Å². The van der Waals surface area contributed by atoms with E-state index in [1.54, 1.807) is 0 Å². The predicted molar refractivity (Wildman–Crippen MR) is 107 cm³/mol. The van der Waals surface area contributed by atoms with Gasteiger partial charge in [-0.25, -0.2) is 0 Å². The van der Waals surface area contributed by atoms with Crippen LogP contribution in [0.25, 0.3) is 5.57 Å². The van der Waals surface area contributed by atoms with Crippen molar-refractivity contribution in [2.24, 2.45) is 0 Å². The zero-order chi connectivity index (χ0) is 17.4. The van der Waals surface area contributed by atoms with E-state index in [9.17, 15) is 0 Å². The van der Waals surface area contributed by atoms with Crippen molar-refractivity contribution in [3.8, 4) is 0 Å². The summed E-state index contributed by atoms with van der Waals surface area (Å²) >= 11 is 0. The molecule has 2 aromatic carbocycles. The maximum absolute atomic E-state index is 5.51. The molecule has 1 unspecified atom stereocenters. The Labute approximate surface area is 148 Å². The van der Waals surface area contributed by atoms with E-state index in [1.165, 1.54) is 22.5 Å². The monoisotopic (exact) mass is 339 g/mol. The quantitative estimate of drug-likeness (QED) is 0.650. The lowest BCUT2D eigenvalue weighted by molar-refractivity contribution is 0.245. The van der Waals surface area contributed by atoms with E-state index in [2.05, 4.69) is 73.9 Å². The molecule has 128 valence electrons. The molecular weight excluding hydrogens is 310 g/mol. The molecule has 24 heavy (non-hydrogen) atoms. The highest BCUT2D eigenvalue weighted by molar-refractivity contribution is 6.73. The Balaban J connectivity index is 2.15. The SMILES string of the molecule is C=C(c1ccccc1)c1ccc([SiH](COC)CN(CC)CC)cc1. The van der Waals surface area contributed by atoms with Gasteiger partial charge in [-0.3, -0.25) is 0 Å². The summed E-state index contributed by atoms with van der Waals surface area (Å²) in [6.07, 6.45) is 2.05. The molecule has 0 aromatic heterocycles. The van der Waals surface area contributed by atoms with Crippen LogP contribution >= 0.6 is 0 Å². The van der Waals surface area contributed by atoms with Crippen LogP contribution in [0.3, 0.4) is 0 Å². The second-order valence-corrected chi connectivity index (χ2v) is 8.86. The summed E-state index contributed by atoms with van der Waals surface area (Å²) in [4.78, 5) is 2.51. The predicted octanol–water partition coefficient (Wildman–Crippen LogP) is 3.25. The van der Waals surface area contributed by atoms with Crippen LogP contribution in [0.4, 0.5) is 0 Å². The summed E-state index contributed by atoms with van der Waals surface area (Å²) in [6, 6.07) is 19.4. The topological polar surface area (TPSA) is 12.5 Å². The number of hydrogen-bond acceptors (Lipinski definition) is 2. The molecule has 0 aliphatic rings. The normalized spacial score (nSPS) is 12.3. The molecule has 0 spiro atoms. The van der Waals surface area contributed by atoms with Crippen molar-refractivity contribution in [2.45, 2.75) is 13.8 Å². The zero-order valence-corrected chi connectivity index (χ0v) is 16.3. The van der Waals surface area contributed by atoms with E-state index in [-0.39, 0.29) is 0 Å². The van der Waals surface area contributed by atoms with Crippen molar-refractivity contribution < 1.29 is 4.74 Å². The van der Waals surface area contributed by atoms with Crippen LogP contribution < -0.4 is 5.19 Å². The highest BCUT2D eigenvalue weighted by atomic mass is 28.3. The third kappa shape index (κ3) is 4.90. The summed E-state index contributed by atoms with van der Waals surface area (Å²) in [6.45, 7) is 10.9. The van der Waals surface area contributed by atoms with Crippen LogP contribution in [0.2, 0.25) is 0 Å². The second kappa shape index (κ2) is 9.57. The molecule has 0 saturated heterocycles. The van der Waals surface area contributed by atoms with E-state index >= 15 is 0 Å². The zero-order valence-electron chi connectivity index (χ0n) is 15.2. The fourth-order valence-corrected chi connectivity index (χ4v) is 5.80. The lowest BCUT2D eigenvalue weighted by atomic mass is 10.00. The number of benzene rings is 2. The molecule has 0 bridgehead atoms. The van der Waals surface area contributed by atoms with Crippen molar-refractivity contribution in [3.63, 3.8) is 0 Å². The first-order valence-corrected chi connectivity index (χ1v) is 11.0. The van der Waals surface area contributed by atoms with Gasteiger partial charge < -0.3 is 9.64 Å². The lowest BCUT2D eigenvalue weighted by Gasteiger charge is -2.24. The lowest BCUT2D eigenvalue weighted by Crippen LogP contribution is -2.46. The molecule has 0 aliphatic carbocycles. The standard InChI is InChI=1S/C21H29NOSi/c1-5-22(6-2)16-24(17-23-4)21-14-12-20(13-15-21)18(3)19-10-8-7-9-11-19/h7-15,24H,3,5-6,16-17H2,1-2,4H3. The van der Waals surface area contributed by atoms with Crippen LogP contribution in [0.1, 0.15) is 25.0 Å². The first-order chi connectivity index (χ1) is 11.7. The Hall–Kier alpha value is -1.68. The Bertz CT molecular complexity index is 620. The minimum atomic E-state index is -1.14. The summed E-state index contributed by atoms with van der Waals surface area (Å²) in [5.41, 5.74) is 3.45. The van der Waals surface area contributed by atoms with Gasteiger partial charge in [0.15, 0.2) is 0 Å². The Morgan fingerprint density at radius 3 is 2.08 bits per heavy atom. The van der Waals surface area contributed by atoms with Gasteiger partial charge in [0.05, 0.1) is 0 Å². The van der Waals surface area contributed by atoms with Crippen molar-refractivity contribution >= 4 is 19.6 Å². The summed E-state index contributed by atoms with van der Waals surface area (Å²) < 4.78 is 5.51. The number of ether oxygens (including phenoxy) is 1. The van der Waals surface area contributed by atoms with Crippen molar-refractivity contribution in [1.82, 2.24) is 4.90 Å². The largest absolute Gasteiger partial charge is 0.388 e. The molecule has 0 saturated carbocycles. The van der Waals surface area contributed by atoms with E-state index in [4.69, 9.17) is 4.74 Å².